The molecular formula is C13H18ClFN2. The molecule has 1 aliphatic heterocycles. The van der Waals surface area contributed by atoms with Gasteiger partial charge in [0, 0.05) is 12.6 Å². The van der Waals surface area contributed by atoms with E-state index in [1.807, 2.05) is 13.1 Å². The Bertz CT molecular complexity index is 376. The predicted molar refractivity (Wildman–Crippen MR) is 68.8 cm³/mol. The molecule has 1 saturated heterocycles. The monoisotopic (exact) mass is 256 g/mol. The van der Waals surface area contributed by atoms with Crippen LogP contribution in [0, 0.1) is 5.82 Å². The number of hydrogen-bond acceptors (Lipinski definition) is 2. The quantitative estimate of drug-likeness (QED) is 0.895. The number of nitrogens with zero attached hydrogens (tertiary/aromatic N) is 1. The lowest BCUT2D eigenvalue weighted by Gasteiger charge is -2.31. The second-order valence-electron chi connectivity index (χ2n) is 4.59. The zero-order valence-corrected chi connectivity index (χ0v) is 10.8. The molecule has 0 saturated carbocycles. The summed E-state index contributed by atoms with van der Waals surface area (Å²) in [6.45, 7) is 2.94. The Labute approximate surface area is 107 Å². The van der Waals surface area contributed by atoms with E-state index in [9.17, 15) is 4.39 Å². The van der Waals surface area contributed by atoms with E-state index >= 15 is 0 Å². The number of halogens is 2. The van der Waals surface area contributed by atoms with E-state index in [-0.39, 0.29) is 10.8 Å². The maximum atomic E-state index is 13.3. The van der Waals surface area contributed by atoms with Crippen LogP contribution < -0.4 is 5.32 Å². The molecule has 4 heteroatoms. The molecule has 2 nitrogen and oxygen atoms in total. The number of hydrogen-bond donors (Lipinski definition) is 1. The van der Waals surface area contributed by atoms with Crippen molar-refractivity contribution in [3.8, 4) is 0 Å². The molecule has 1 aliphatic rings. The van der Waals surface area contributed by atoms with Gasteiger partial charge in [-0.25, -0.2) is 4.39 Å². The highest BCUT2D eigenvalue weighted by Gasteiger charge is 2.17. The van der Waals surface area contributed by atoms with Crippen molar-refractivity contribution >= 4 is 11.6 Å². The van der Waals surface area contributed by atoms with E-state index in [2.05, 4.69) is 10.2 Å². The summed E-state index contributed by atoms with van der Waals surface area (Å²) in [6, 6.07) is 5.70. The molecule has 0 amide bonds. The van der Waals surface area contributed by atoms with Crippen LogP contribution in [-0.4, -0.2) is 31.1 Å². The van der Waals surface area contributed by atoms with Gasteiger partial charge in [0.1, 0.15) is 5.82 Å². The highest BCUT2D eigenvalue weighted by molar-refractivity contribution is 6.30. The molecule has 1 heterocycles. The van der Waals surface area contributed by atoms with Crippen LogP contribution in [-0.2, 0) is 6.54 Å². The van der Waals surface area contributed by atoms with Crippen molar-refractivity contribution in [3.63, 3.8) is 0 Å². The summed E-state index contributed by atoms with van der Waals surface area (Å²) in [5.41, 5.74) is 0.995. The van der Waals surface area contributed by atoms with Crippen molar-refractivity contribution in [1.82, 2.24) is 10.2 Å². The number of likely N-dealkylation sites (tertiary alicyclic amines) is 1. The molecule has 0 atom stereocenters. The second-order valence-corrected chi connectivity index (χ2v) is 4.99. The van der Waals surface area contributed by atoms with Crippen LogP contribution in [0.25, 0.3) is 0 Å². The first kappa shape index (κ1) is 12.8. The summed E-state index contributed by atoms with van der Waals surface area (Å²) in [5, 5.41) is 3.50. The van der Waals surface area contributed by atoms with Crippen molar-refractivity contribution in [2.24, 2.45) is 0 Å². The van der Waals surface area contributed by atoms with Gasteiger partial charge in [-0.2, -0.15) is 0 Å². The molecule has 0 aliphatic carbocycles. The van der Waals surface area contributed by atoms with E-state index in [0.717, 1.165) is 38.0 Å². The zero-order valence-electron chi connectivity index (χ0n) is 10.0. The van der Waals surface area contributed by atoms with E-state index in [1.54, 1.807) is 6.07 Å². The summed E-state index contributed by atoms with van der Waals surface area (Å²) in [6.07, 6.45) is 2.32. The normalized spacial score (nSPS) is 18.5. The Morgan fingerprint density at radius 1 is 1.41 bits per heavy atom. The Kier molecular flexibility index (Phi) is 4.37. The van der Waals surface area contributed by atoms with Crippen LogP contribution in [0.5, 0.6) is 0 Å². The molecule has 94 valence electrons. The topological polar surface area (TPSA) is 15.3 Å². The van der Waals surface area contributed by atoms with Gasteiger partial charge < -0.3 is 5.32 Å². The standard InChI is InChI=1S/C13H18ClFN2/c1-16-11-4-6-17(7-5-11)9-10-2-3-12(14)13(15)8-10/h2-3,8,11,16H,4-7,9H2,1H3. The van der Waals surface area contributed by atoms with Gasteiger partial charge in [0.25, 0.3) is 0 Å². The molecule has 17 heavy (non-hydrogen) atoms. The fourth-order valence-corrected chi connectivity index (χ4v) is 2.39. The average molecular weight is 257 g/mol. The summed E-state index contributed by atoms with van der Waals surface area (Å²) in [7, 11) is 2.01. The van der Waals surface area contributed by atoms with Crippen LogP contribution in [0.1, 0.15) is 18.4 Å². The van der Waals surface area contributed by atoms with E-state index in [0.29, 0.717) is 6.04 Å². The summed E-state index contributed by atoms with van der Waals surface area (Å²) >= 11 is 5.66. The lowest BCUT2D eigenvalue weighted by atomic mass is 10.0. The van der Waals surface area contributed by atoms with Crippen molar-refractivity contribution in [2.75, 3.05) is 20.1 Å². The molecule has 1 fully saturated rings. The van der Waals surface area contributed by atoms with Crippen LogP contribution in [0.3, 0.4) is 0 Å². The molecule has 0 unspecified atom stereocenters. The third-order valence-electron chi connectivity index (χ3n) is 3.39. The Morgan fingerprint density at radius 2 is 2.12 bits per heavy atom. The predicted octanol–water partition coefficient (Wildman–Crippen LogP) is 2.66. The first-order valence-electron chi connectivity index (χ1n) is 6.02. The maximum absolute atomic E-state index is 13.3. The first-order valence-corrected chi connectivity index (χ1v) is 6.40. The van der Waals surface area contributed by atoms with E-state index in [4.69, 9.17) is 11.6 Å². The van der Waals surface area contributed by atoms with Crippen molar-refractivity contribution < 1.29 is 4.39 Å². The van der Waals surface area contributed by atoms with Gasteiger partial charge in [0.15, 0.2) is 0 Å². The number of benzene rings is 1. The average Bonchev–Trinajstić information content (AvgIpc) is 2.35. The largest absolute Gasteiger partial charge is 0.317 e. The van der Waals surface area contributed by atoms with E-state index < -0.39 is 0 Å². The van der Waals surface area contributed by atoms with Gasteiger partial charge in [0.05, 0.1) is 5.02 Å². The van der Waals surface area contributed by atoms with Gasteiger partial charge >= 0.3 is 0 Å². The Balaban J connectivity index is 1.91. The van der Waals surface area contributed by atoms with Crippen LogP contribution in [0.2, 0.25) is 5.02 Å². The molecule has 0 aromatic heterocycles. The second kappa shape index (κ2) is 5.80. The smallest absolute Gasteiger partial charge is 0.142 e. The van der Waals surface area contributed by atoms with Crippen LogP contribution in [0.15, 0.2) is 18.2 Å². The van der Waals surface area contributed by atoms with Gasteiger partial charge in [-0.3, -0.25) is 4.90 Å². The molecule has 1 N–H and O–H groups in total. The number of rotatable bonds is 3. The van der Waals surface area contributed by atoms with Crippen molar-refractivity contribution in [2.45, 2.75) is 25.4 Å². The first-order chi connectivity index (χ1) is 8.19. The fourth-order valence-electron chi connectivity index (χ4n) is 2.28. The van der Waals surface area contributed by atoms with Crippen LogP contribution in [0.4, 0.5) is 4.39 Å². The fraction of sp³-hybridized carbons (Fsp3) is 0.538. The minimum atomic E-state index is -0.325. The van der Waals surface area contributed by atoms with Gasteiger partial charge in [-0.05, 0) is 50.7 Å². The molecule has 1 aromatic rings. The Hall–Kier alpha value is -0.640. The van der Waals surface area contributed by atoms with Gasteiger partial charge in [-0.1, -0.05) is 17.7 Å². The van der Waals surface area contributed by atoms with Gasteiger partial charge in [-0.15, -0.1) is 0 Å². The Morgan fingerprint density at radius 3 is 2.71 bits per heavy atom. The minimum absolute atomic E-state index is 0.197. The lowest BCUT2D eigenvalue weighted by molar-refractivity contribution is 0.194. The van der Waals surface area contributed by atoms with E-state index in [1.165, 1.54) is 6.07 Å². The lowest BCUT2D eigenvalue weighted by Crippen LogP contribution is -2.40. The highest BCUT2D eigenvalue weighted by Crippen LogP contribution is 2.18. The summed E-state index contributed by atoms with van der Waals surface area (Å²) in [4.78, 5) is 2.36. The molecule has 1 aromatic carbocycles. The summed E-state index contributed by atoms with van der Waals surface area (Å²) < 4.78 is 13.3. The minimum Gasteiger partial charge on any atom is -0.317 e. The summed E-state index contributed by atoms with van der Waals surface area (Å²) in [5.74, 6) is -0.325. The molecule has 0 radical (unpaired) electrons. The number of piperidine rings is 1. The maximum Gasteiger partial charge on any atom is 0.142 e. The van der Waals surface area contributed by atoms with Crippen LogP contribution >= 0.6 is 11.6 Å². The van der Waals surface area contributed by atoms with Gasteiger partial charge in [0.2, 0.25) is 0 Å². The SMILES string of the molecule is CNC1CCN(Cc2ccc(Cl)c(F)c2)CC1. The molecule has 0 bridgehead atoms. The van der Waals surface area contributed by atoms with Crippen molar-refractivity contribution in [3.05, 3.63) is 34.6 Å². The highest BCUT2D eigenvalue weighted by atomic mass is 35.5. The molecule has 2 rings (SSSR count). The third kappa shape index (κ3) is 3.41. The molecule has 0 spiro atoms. The third-order valence-corrected chi connectivity index (χ3v) is 3.69. The zero-order chi connectivity index (χ0) is 12.3. The van der Waals surface area contributed by atoms with Crippen molar-refractivity contribution in [1.29, 1.82) is 0 Å². The number of nitrogens with one attached hydrogen (secondary N) is 1. The molecular weight excluding hydrogens is 239 g/mol.